The topological polar surface area (TPSA) is 59.1 Å². The Bertz CT molecular complexity index is 801. The molecule has 1 spiro atoms. The number of hydrogen-bond donors (Lipinski definition) is 0. The largest absolute Gasteiger partial charge is 0.339 e. The van der Waals surface area contributed by atoms with Gasteiger partial charge in [-0.2, -0.15) is 0 Å². The number of fused-ring (bicyclic) bond motifs is 2. The summed E-state index contributed by atoms with van der Waals surface area (Å²) in [7, 11) is 0. The summed E-state index contributed by atoms with van der Waals surface area (Å²) in [6.07, 6.45) is 10.6. The number of unbranched alkanes of at least 4 members (excludes halogenated alkanes) is 1. The summed E-state index contributed by atoms with van der Waals surface area (Å²) in [6.45, 7) is 3.00. The second-order valence-electron chi connectivity index (χ2n) is 7.52. The zero-order valence-corrected chi connectivity index (χ0v) is 16.1. The number of carbonyl (C=O) groups excluding carboxylic acids is 2. The van der Waals surface area contributed by atoms with Gasteiger partial charge in [-0.05, 0) is 44.2 Å². The molecule has 2 fully saturated rings. The lowest BCUT2D eigenvalue weighted by Crippen LogP contribution is -2.47. The standard InChI is InChI=1S/C22H26N2O4/c1-2-3-5-13-24-19-16-17(20(25)23-11-6-4-7-12-23)9-10-18(19)22(21(24)26)27-14-8-15-28-22/h1,9-10,16H,3-8,11-15H2. The zero-order valence-electron chi connectivity index (χ0n) is 16.1. The van der Waals surface area contributed by atoms with Gasteiger partial charge in [0.1, 0.15) is 0 Å². The summed E-state index contributed by atoms with van der Waals surface area (Å²) < 4.78 is 11.7. The lowest BCUT2D eigenvalue weighted by molar-refractivity contribution is -0.256. The molecule has 0 N–H and O–H groups in total. The number of hydrogen-bond acceptors (Lipinski definition) is 4. The monoisotopic (exact) mass is 382 g/mol. The summed E-state index contributed by atoms with van der Waals surface area (Å²) in [6, 6.07) is 5.42. The van der Waals surface area contributed by atoms with Gasteiger partial charge in [0.2, 0.25) is 0 Å². The Hall–Kier alpha value is -2.36. The molecule has 6 heteroatoms. The fraction of sp³-hybridized carbons (Fsp3) is 0.545. The predicted octanol–water partition coefficient (Wildman–Crippen LogP) is 2.66. The predicted molar refractivity (Wildman–Crippen MR) is 105 cm³/mol. The van der Waals surface area contributed by atoms with Gasteiger partial charge in [0.25, 0.3) is 17.6 Å². The molecule has 2 saturated heterocycles. The molecule has 4 rings (SSSR count). The van der Waals surface area contributed by atoms with E-state index < -0.39 is 5.79 Å². The van der Waals surface area contributed by atoms with Gasteiger partial charge < -0.3 is 19.3 Å². The Labute approximate surface area is 165 Å². The number of anilines is 1. The molecule has 0 bridgehead atoms. The van der Waals surface area contributed by atoms with E-state index in [1.807, 2.05) is 17.0 Å². The molecule has 3 aliphatic heterocycles. The maximum absolute atomic E-state index is 13.2. The summed E-state index contributed by atoms with van der Waals surface area (Å²) in [4.78, 5) is 29.8. The summed E-state index contributed by atoms with van der Waals surface area (Å²) in [5.74, 6) is 1.03. The van der Waals surface area contributed by atoms with Crippen LogP contribution in [0.2, 0.25) is 0 Å². The molecule has 0 atom stereocenters. The van der Waals surface area contributed by atoms with Crippen molar-refractivity contribution in [3.8, 4) is 12.3 Å². The first kappa shape index (κ1) is 19.0. The molecule has 0 unspecified atom stereocenters. The fourth-order valence-corrected chi connectivity index (χ4v) is 4.22. The van der Waals surface area contributed by atoms with Crippen molar-refractivity contribution in [1.82, 2.24) is 4.90 Å². The fourth-order valence-electron chi connectivity index (χ4n) is 4.22. The molecule has 0 aliphatic carbocycles. The molecule has 6 nitrogen and oxygen atoms in total. The van der Waals surface area contributed by atoms with E-state index >= 15 is 0 Å². The second-order valence-corrected chi connectivity index (χ2v) is 7.52. The highest BCUT2D eigenvalue weighted by Crippen LogP contribution is 2.45. The summed E-state index contributed by atoms with van der Waals surface area (Å²) in [5.41, 5.74) is 1.99. The van der Waals surface area contributed by atoms with Crippen LogP contribution in [0.25, 0.3) is 0 Å². The van der Waals surface area contributed by atoms with Crippen LogP contribution >= 0.6 is 0 Å². The van der Waals surface area contributed by atoms with E-state index in [9.17, 15) is 9.59 Å². The Morgan fingerprint density at radius 2 is 1.89 bits per heavy atom. The lowest BCUT2D eigenvalue weighted by Gasteiger charge is -2.32. The van der Waals surface area contributed by atoms with Crippen molar-refractivity contribution in [3.63, 3.8) is 0 Å². The zero-order chi connectivity index (χ0) is 19.6. The quantitative estimate of drug-likeness (QED) is 0.593. The molecule has 2 amide bonds. The summed E-state index contributed by atoms with van der Waals surface area (Å²) in [5, 5.41) is 0. The van der Waals surface area contributed by atoms with Gasteiger partial charge in [0.15, 0.2) is 0 Å². The van der Waals surface area contributed by atoms with Gasteiger partial charge in [-0.25, -0.2) is 0 Å². The van der Waals surface area contributed by atoms with E-state index in [0.717, 1.165) is 32.4 Å². The van der Waals surface area contributed by atoms with Gasteiger partial charge in [0, 0.05) is 37.2 Å². The number of likely N-dealkylation sites (tertiary alicyclic amines) is 1. The number of ether oxygens (including phenoxy) is 2. The molecule has 148 valence electrons. The Kier molecular flexibility index (Phi) is 5.38. The van der Waals surface area contributed by atoms with Gasteiger partial charge in [-0.3, -0.25) is 9.59 Å². The van der Waals surface area contributed by atoms with Crippen molar-refractivity contribution in [1.29, 1.82) is 0 Å². The van der Waals surface area contributed by atoms with Crippen molar-refractivity contribution >= 4 is 17.5 Å². The molecular formula is C22H26N2O4. The average Bonchev–Trinajstić information content (AvgIpc) is 2.96. The number of amides is 2. The number of terminal acetylenes is 1. The highest BCUT2D eigenvalue weighted by atomic mass is 16.7. The van der Waals surface area contributed by atoms with Crippen molar-refractivity contribution in [3.05, 3.63) is 29.3 Å². The molecule has 1 aromatic rings. The van der Waals surface area contributed by atoms with Gasteiger partial charge in [0.05, 0.1) is 18.9 Å². The minimum Gasteiger partial charge on any atom is -0.339 e. The normalized spacial score (nSPS) is 20.9. The first-order valence-corrected chi connectivity index (χ1v) is 10.1. The highest BCUT2D eigenvalue weighted by molar-refractivity contribution is 6.07. The van der Waals surface area contributed by atoms with Crippen LogP contribution < -0.4 is 4.90 Å². The highest BCUT2D eigenvalue weighted by Gasteiger charge is 2.54. The molecule has 0 radical (unpaired) electrons. The maximum Gasteiger partial charge on any atom is 0.292 e. The van der Waals surface area contributed by atoms with Crippen molar-refractivity contribution < 1.29 is 19.1 Å². The second kappa shape index (κ2) is 7.94. The van der Waals surface area contributed by atoms with Crippen LogP contribution in [0.1, 0.15) is 54.4 Å². The number of nitrogens with zero attached hydrogens (tertiary/aromatic N) is 2. The van der Waals surface area contributed by atoms with Crippen LogP contribution in [0.5, 0.6) is 0 Å². The Morgan fingerprint density at radius 3 is 2.61 bits per heavy atom. The third-order valence-corrected chi connectivity index (χ3v) is 5.66. The first-order valence-electron chi connectivity index (χ1n) is 10.1. The van der Waals surface area contributed by atoms with Gasteiger partial charge in [-0.15, -0.1) is 12.3 Å². The van der Waals surface area contributed by atoms with Gasteiger partial charge >= 0.3 is 0 Å². The third-order valence-electron chi connectivity index (χ3n) is 5.66. The van der Waals surface area contributed by atoms with Crippen molar-refractivity contribution in [2.75, 3.05) is 37.7 Å². The molecule has 1 aromatic carbocycles. The Balaban J connectivity index is 1.68. The van der Waals surface area contributed by atoms with E-state index in [1.54, 1.807) is 11.0 Å². The molecule has 0 saturated carbocycles. The van der Waals surface area contributed by atoms with E-state index in [1.165, 1.54) is 6.42 Å². The molecule has 28 heavy (non-hydrogen) atoms. The van der Waals surface area contributed by atoms with E-state index in [-0.39, 0.29) is 11.8 Å². The third kappa shape index (κ3) is 3.19. The molecular weight excluding hydrogens is 356 g/mol. The first-order chi connectivity index (χ1) is 13.7. The van der Waals surface area contributed by atoms with Crippen LogP contribution in [-0.2, 0) is 20.1 Å². The number of rotatable bonds is 4. The average molecular weight is 382 g/mol. The van der Waals surface area contributed by atoms with Gasteiger partial charge in [-0.1, -0.05) is 6.07 Å². The van der Waals surface area contributed by atoms with Crippen molar-refractivity contribution in [2.45, 2.75) is 44.3 Å². The summed E-state index contributed by atoms with van der Waals surface area (Å²) >= 11 is 0. The number of benzene rings is 1. The smallest absolute Gasteiger partial charge is 0.292 e. The lowest BCUT2D eigenvalue weighted by atomic mass is 10.0. The van der Waals surface area contributed by atoms with Crippen LogP contribution in [0, 0.1) is 12.3 Å². The molecule has 3 aliphatic rings. The minimum absolute atomic E-state index is 0.0185. The van der Waals surface area contributed by atoms with Crippen LogP contribution in [-0.4, -0.2) is 49.6 Å². The van der Waals surface area contributed by atoms with E-state index in [4.69, 9.17) is 15.9 Å². The number of piperidine rings is 1. The molecule has 0 aromatic heterocycles. The van der Waals surface area contributed by atoms with Crippen LogP contribution in [0.3, 0.4) is 0 Å². The van der Waals surface area contributed by atoms with Crippen LogP contribution in [0.15, 0.2) is 18.2 Å². The Morgan fingerprint density at radius 1 is 1.14 bits per heavy atom. The van der Waals surface area contributed by atoms with E-state index in [2.05, 4.69) is 5.92 Å². The SMILES string of the molecule is C#CCCCN1C(=O)C2(OCCCO2)c2ccc(C(=O)N3CCCCC3)cc21. The maximum atomic E-state index is 13.2. The minimum atomic E-state index is -1.38. The van der Waals surface area contributed by atoms with E-state index in [0.29, 0.717) is 49.4 Å². The van der Waals surface area contributed by atoms with Crippen molar-refractivity contribution in [2.24, 2.45) is 0 Å². The number of carbonyl (C=O) groups is 2. The molecule has 3 heterocycles. The van der Waals surface area contributed by atoms with Crippen LogP contribution in [0.4, 0.5) is 5.69 Å².